The maximum atomic E-state index is 11.9. The lowest BCUT2D eigenvalue weighted by Crippen LogP contribution is -2.24. The molecule has 0 aliphatic carbocycles. The van der Waals surface area contributed by atoms with Crippen LogP contribution < -0.4 is 5.32 Å². The quantitative estimate of drug-likeness (QED) is 0.786. The van der Waals surface area contributed by atoms with Crippen molar-refractivity contribution in [2.45, 2.75) is 26.4 Å². The number of hydrogen-bond acceptors (Lipinski definition) is 3. The van der Waals surface area contributed by atoms with E-state index in [0.29, 0.717) is 19.5 Å². The van der Waals surface area contributed by atoms with Crippen molar-refractivity contribution >= 4 is 16.8 Å². The molecule has 1 amide bonds. The summed E-state index contributed by atoms with van der Waals surface area (Å²) in [4.78, 5) is 16.1. The molecule has 1 aromatic carbocycles. The molecule has 0 saturated heterocycles. The predicted octanol–water partition coefficient (Wildman–Crippen LogP) is 2.45. The van der Waals surface area contributed by atoms with E-state index in [4.69, 9.17) is 0 Å². The molecule has 2 aromatic heterocycles. The van der Waals surface area contributed by atoms with E-state index in [1.165, 1.54) is 5.56 Å². The smallest absolute Gasteiger partial charge is 0.222 e. The Morgan fingerprint density at radius 2 is 2.14 bits per heavy atom. The number of carbonyl (C=O) groups is 1. The lowest BCUT2D eigenvalue weighted by molar-refractivity contribution is -0.121. The summed E-state index contributed by atoms with van der Waals surface area (Å²) in [5.74, 6) is 0.00181. The van der Waals surface area contributed by atoms with E-state index in [2.05, 4.69) is 28.4 Å². The van der Waals surface area contributed by atoms with Crippen molar-refractivity contribution in [2.75, 3.05) is 0 Å². The van der Waals surface area contributed by atoms with E-state index < -0.39 is 0 Å². The number of benzene rings is 1. The minimum Gasteiger partial charge on any atom is -0.350 e. The molecule has 5 heteroatoms. The fraction of sp³-hybridized carbons (Fsp3) is 0.235. The van der Waals surface area contributed by atoms with Gasteiger partial charge < -0.3 is 5.32 Å². The van der Waals surface area contributed by atoms with Gasteiger partial charge in [0.15, 0.2) is 0 Å². The third-order valence-electron chi connectivity index (χ3n) is 3.65. The average Bonchev–Trinajstić information content (AvgIpc) is 2.96. The fourth-order valence-corrected chi connectivity index (χ4v) is 2.41. The van der Waals surface area contributed by atoms with Gasteiger partial charge in [-0.1, -0.05) is 18.2 Å². The van der Waals surface area contributed by atoms with Crippen LogP contribution in [-0.2, 0) is 17.9 Å². The van der Waals surface area contributed by atoms with Gasteiger partial charge >= 0.3 is 0 Å². The van der Waals surface area contributed by atoms with Gasteiger partial charge in [-0.15, -0.1) is 0 Å². The standard InChI is InChI=1S/C17H18N4O/c1-13-5-4-7-16-15(13)12-20-21(16)10-8-17(22)19-11-14-6-2-3-9-18-14/h2-7,9,12H,8,10-11H2,1H3,(H,19,22). The maximum Gasteiger partial charge on any atom is 0.222 e. The number of nitrogens with zero attached hydrogens (tertiary/aromatic N) is 3. The molecule has 22 heavy (non-hydrogen) atoms. The Hall–Kier alpha value is -2.69. The fourth-order valence-electron chi connectivity index (χ4n) is 2.41. The Labute approximate surface area is 129 Å². The van der Waals surface area contributed by atoms with Gasteiger partial charge in [0.2, 0.25) is 5.91 Å². The third kappa shape index (κ3) is 3.14. The first-order valence-corrected chi connectivity index (χ1v) is 7.32. The molecule has 0 spiro atoms. The van der Waals surface area contributed by atoms with Gasteiger partial charge in [0.1, 0.15) is 0 Å². The summed E-state index contributed by atoms with van der Waals surface area (Å²) in [6.45, 7) is 3.09. The van der Waals surface area contributed by atoms with Crippen LogP contribution in [0.4, 0.5) is 0 Å². The van der Waals surface area contributed by atoms with Crippen LogP contribution in [0.3, 0.4) is 0 Å². The minimum absolute atomic E-state index is 0.00181. The molecule has 0 bridgehead atoms. The second-order valence-corrected chi connectivity index (χ2v) is 5.22. The number of aryl methyl sites for hydroxylation is 2. The van der Waals surface area contributed by atoms with Gasteiger partial charge in [-0.3, -0.25) is 14.5 Å². The van der Waals surface area contributed by atoms with E-state index in [1.54, 1.807) is 6.20 Å². The molecule has 0 aliphatic rings. The zero-order valence-electron chi connectivity index (χ0n) is 12.5. The summed E-state index contributed by atoms with van der Waals surface area (Å²) in [5.41, 5.74) is 3.12. The molecule has 112 valence electrons. The molecule has 0 radical (unpaired) electrons. The number of amides is 1. The molecule has 0 fully saturated rings. The van der Waals surface area contributed by atoms with E-state index in [0.717, 1.165) is 16.6 Å². The van der Waals surface area contributed by atoms with Crippen molar-refractivity contribution in [3.05, 3.63) is 60.0 Å². The van der Waals surface area contributed by atoms with Crippen LogP contribution >= 0.6 is 0 Å². The molecule has 3 rings (SSSR count). The first-order chi connectivity index (χ1) is 10.7. The minimum atomic E-state index is 0.00181. The van der Waals surface area contributed by atoms with E-state index in [-0.39, 0.29) is 5.91 Å². The first-order valence-electron chi connectivity index (χ1n) is 7.32. The number of rotatable bonds is 5. The predicted molar refractivity (Wildman–Crippen MR) is 85.2 cm³/mol. The monoisotopic (exact) mass is 294 g/mol. The maximum absolute atomic E-state index is 11.9. The summed E-state index contributed by atoms with van der Waals surface area (Å²) < 4.78 is 1.88. The molecular formula is C17H18N4O. The lowest BCUT2D eigenvalue weighted by Gasteiger charge is -2.06. The Bertz CT molecular complexity index is 780. The summed E-state index contributed by atoms with van der Waals surface area (Å²) in [7, 11) is 0. The van der Waals surface area contributed by atoms with E-state index in [9.17, 15) is 4.79 Å². The second-order valence-electron chi connectivity index (χ2n) is 5.22. The molecule has 0 atom stereocenters. The van der Waals surface area contributed by atoms with Gasteiger partial charge in [0.05, 0.1) is 30.5 Å². The van der Waals surface area contributed by atoms with Crippen molar-refractivity contribution in [1.29, 1.82) is 0 Å². The molecule has 2 heterocycles. The topological polar surface area (TPSA) is 59.8 Å². The highest BCUT2D eigenvalue weighted by Crippen LogP contribution is 2.17. The number of fused-ring (bicyclic) bond motifs is 1. The van der Waals surface area contributed by atoms with Crippen LogP contribution in [0, 0.1) is 6.92 Å². The van der Waals surface area contributed by atoms with Crippen LogP contribution in [0.2, 0.25) is 0 Å². The SMILES string of the molecule is Cc1cccc2c1cnn2CCC(=O)NCc1ccccn1. The van der Waals surface area contributed by atoms with Crippen molar-refractivity contribution in [1.82, 2.24) is 20.1 Å². The van der Waals surface area contributed by atoms with Crippen LogP contribution in [0.1, 0.15) is 17.7 Å². The van der Waals surface area contributed by atoms with Crippen molar-refractivity contribution in [3.63, 3.8) is 0 Å². The first kappa shape index (κ1) is 14.3. The zero-order chi connectivity index (χ0) is 15.4. The van der Waals surface area contributed by atoms with Crippen molar-refractivity contribution < 1.29 is 4.79 Å². The third-order valence-corrected chi connectivity index (χ3v) is 3.65. The normalized spacial score (nSPS) is 10.8. The van der Waals surface area contributed by atoms with E-state index >= 15 is 0 Å². The molecule has 0 unspecified atom stereocenters. The molecule has 1 N–H and O–H groups in total. The number of hydrogen-bond donors (Lipinski definition) is 1. The van der Waals surface area contributed by atoms with Crippen LogP contribution in [-0.4, -0.2) is 20.7 Å². The highest BCUT2D eigenvalue weighted by molar-refractivity contribution is 5.82. The second kappa shape index (κ2) is 6.39. The number of nitrogens with one attached hydrogen (secondary N) is 1. The van der Waals surface area contributed by atoms with Crippen molar-refractivity contribution in [3.8, 4) is 0 Å². The highest BCUT2D eigenvalue weighted by Gasteiger charge is 2.07. The van der Waals surface area contributed by atoms with Gasteiger partial charge in [0, 0.05) is 18.0 Å². The summed E-state index contributed by atoms with van der Waals surface area (Å²) in [6, 6.07) is 11.8. The highest BCUT2D eigenvalue weighted by atomic mass is 16.1. The molecule has 0 saturated carbocycles. The zero-order valence-corrected chi connectivity index (χ0v) is 12.5. The van der Waals surface area contributed by atoms with Crippen LogP contribution in [0.15, 0.2) is 48.8 Å². The Morgan fingerprint density at radius 3 is 2.95 bits per heavy atom. The Morgan fingerprint density at radius 1 is 1.23 bits per heavy atom. The summed E-state index contributed by atoms with van der Waals surface area (Å²) in [5, 5.41) is 8.38. The number of aromatic nitrogens is 3. The number of carbonyl (C=O) groups excluding carboxylic acids is 1. The van der Waals surface area contributed by atoms with Crippen molar-refractivity contribution in [2.24, 2.45) is 0 Å². The van der Waals surface area contributed by atoms with E-state index in [1.807, 2.05) is 41.2 Å². The molecule has 5 nitrogen and oxygen atoms in total. The molecule has 3 aromatic rings. The summed E-state index contributed by atoms with van der Waals surface area (Å²) in [6.07, 6.45) is 3.98. The van der Waals surface area contributed by atoms with Gasteiger partial charge in [-0.2, -0.15) is 5.10 Å². The van der Waals surface area contributed by atoms with Crippen LogP contribution in [0.5, 0.6) is 0 Å². The number of pyridine rings is 1. The van der Waals surface area contributed by atoms with Gasteiger partial charge in [0.25, 0.3) is 0 Å². The van der Waals surface area contributed by atoms with Gasteiger partial charge in [-0.05, 0) is 30.7 Å². The lowest BCUT2D eigenvalue weighted by atomic mass is 10.1. The Kier molecular flexibility index (Phi) is 4.14. The van der Waals surface area contributed by atoms with Crippen LogP contribution in [0.25, 0.3) is 10.9 Å². The average molecular weight is 294 g/mol. The molecular weight excluding hydrogens is 276 g/mol. The summed E-state index contributed by atoms with van der Waals surface area (Å²) >= 11 is 0. The largest absolute Gasteiger partial charge is 0.350 e. The molecule has 0 aliphatic heterocycles. The van der Waals surface area contributed by atoms with Gasteiger partial charge in [-0.25, -0.2) is 0 Å². The Balaban J connectivity index is 1.57.